The molecule has 0 aliphatic heterocycles. The maximum atomic E-state index is 12.6. The average molecular weight is 381 g/mol. The first-order valence-corrected chi connectivity index (χ1v) is 9.80. The number of hydrogen-bond acceptors (Lipinski definition) is 4. The van der Waals surface area contributed by atoms with Gasteiger partial charge in [-0.2, -0.15) is 0 Å². The molecule has 0 aliphatic carbocycles. The third-order valence-corrected chi connectivity index (χ3v) is 5.33. The van der Waals surface area contributed by atoms with E-state index in [1.54, 1.807) is 18.4 Å². The molecule has 0 bridgehead atoms. The van der Waals surface area contributed by atoms with Gasteiger partial charge in [0.1, 0.15) is 5.75 Å². The molecule has 1 amide bonds. The number of ether oxygens (including phenoxy) is 1. The van der Waals surface area contributed by atoms with Crippen LogP contribution in [0.2, 0.25) is 0 Å². The standard InChI is InChI=1S/C22H24N2O2S/c1-16(22(25)23-15-17-10-12-19(26-2)13-11-17)24-21(20-9-6-14-27-20)18-7-4-3-5-8-18/h3-14,16,21,24H,15H2,1-2H3,(H,23,25)/t16-,21+/m0/s1. The van der Waals surface area contributed by atoms with Crippen LogP contribution < -0.4 is 15.4 Å². The second kappa shape index (κ2) is 9.35. The Bertz CT molecular complexity index is 833. The molecule has 0 aliphatic rings. The van der Waals surface area contributed by atoms with Gasteiger partial charge >= 0.3 is 0 Å². The van der Waals surface area contributed by atoms with Gasteiger partial charge in [-0.25, -0.2) is 0 Å². The van der Waals surface area contributed by atoms with Gasteiger partial charge < -0.3 is 10.1 Å². The summed E-state index contributed by atoms with van der Waals surface area (Å²) < 4.78 is 5.16. The van der Waals surface area contributed by atoms with Crippen LogP contribution in [0.1, 0.15) is 29.0 Å². The molecule has 2 N–H and O–H groups in total. The Labute approximate surface area is 164 Å². The summed E-state index contributed by atoms with van der Waals surface area (Å²) in [6.07, 6.45) is 0. The van der Waals surface area contributed by atoms with Crippen LogP contribution in [0.15, 0.2) is 72.1 Å². The molecule has 140 valence electrons. The molecular formula is C22H24N2O2S. The highest BCUT2D eigenvalue weighted by Gasteiger charge is 2.21. The quantitative estimate of drug-likeness (QED) is 0.617. The number of thiophene rings is 1. The van der Waals surface area contributed by atoms with Crippen LogP contribution >= 0.6 is 11.3 Å². The fourth-order valence-electron chi connectivity index (χ4n) is 2.85. The zero-order valence-electron chi connectivity index (χ0n) is 15.5. The Morgan fingerprint density at radius 2 is 1.78 bits per heavy atom. The minimum Gasteiger partial charge on any atom is -0.497 e. The number of hydrogen-bond donors (Lipinski definition) is 2. The molecule has 0 saturated carbocycles. The van der Waals surface area contributed by atoms with Crippen LogP contribution in [0.5, 0.6) is 5.75 Å². The number of carbonyl (C=O) groups excluding carboxylic acids is 1. The fourth-order valence-corrected chi connectivity index (χ4v) is 3.67. The highest BCUT2D eigenvalue weighted by molar-refractivity contribution is 7.10. The molecule has 1 aromatic heterocycles. The van der Waals surface area contributed by atoms with Crippen LogP contribution in [-0.4, -0.2) is 19.1 Å². The number of benzene rings is 2. The smallest absolute Gasteiger partial charge is 0.237 e. The Morgan fingerprint density at radius 3 is 2.41 bits per heavy atom. The van der Waals surface area contributed by atoms with Crippen molar-refractivity contribution in [2.45, 2.75) is 25.6 Å². The highest BCUT2D eigenvalue weighted by atomic mass is 32.1. The molecule has 4 nitrogen and oxygen atoms in total. The van der Waals surface area contributed by atoms with Crippen molar-refractivity contribution in [3.8, 4) is 5.75 Å². The largest absolute Gasteiger partial charge is 0.497 e. The summed E-state index contributed by atoms with van der Waals surface area (Å²) in [7, 11) is 1.64. The molecule has 0 radical (unpaired) electrons. The van der Waals surface area contributed by atoms with E-state index >= 15 is 0 Å². The lowest BCUT2D eigenvalue weighted by Gasteiger charge is -2.22. The van der Waals surface area contributed by atoms with Crippen molar-refractivity contribution in [2.24, 2.45) is 0 Å². The van der Waals surface area contributed by atoms with Gasteiger partial charge in [0, 0.05) is 11.4 Å². The summed E-state index contributed by atoms with van der Waals surface area (Å²) in [4.78, 5) is 13.8. The van der Waals surface area contributed by atoms with E-state index in [9.17, 15) is 4.79 Å². The third kappa shape index (κ3) is 5.18. The molecule has 0 saturated heterocycles. The average Bonchev–Trinajstić information content (AvgIpc) is 3.25. The van der Waals surface area contributed by atoms with Crippen molar-refractivity contribution in [1.29, 1.82) is 0 Å². The molecule has 27 heavy (non-hydrogen) atoms. The van der Waals surface area contributed by atoms with E-state index < -0.39 is 0 Å². The fraction of sp³-hybridized carbons (Fsp3) is 0.227. The predicted molar refractivity (Wildman–Crippen MR) is 110 cm³/mol. The van der Waals surface area contributed by atoms with E-state index in [1.165, 1.54) is 4.88 Å². The summed E-state index contributed by atoms with van der Waals surface area (Å²) >= 11 is 1.69. The van der Waals surface area contributed by atoms with Crippen molar-refractivity contribution in [3.63, 3.8) is 0 Å². The number of amides is 1. The molecular weight excluding hydrogens is 356 g/mol. The monoisotopic (exact) mass is 380 g/mol. The van der Waals surface area contributed by atoms with E-state index in [4.69, 9.17) is 4.74 Å². The molecule has 2 atom stereocenters. The van der Waals surface area contributed by atoms with Gasteiger partial charge in [0.25, 0.3) is 0 Å². The number of carbonyl (C=O) groups is 1. The van der Waals surface area contributed by atoms with Gasteiger partial charge in [-0.05, 0) is 41.6 Å². The zero-order valence-corrected chi connectivity index (χ0v) is 16.3. The van der Waals surface area contributed by atoms with Crippen molar-refractivity contribution in [2.75, 3.05) is 7.11 Å². The molecule has 2 aromatic carbocycles. The minimum absolute atomic E-state index is 0.00654. The molecule has 0 spiro atoms. The summed E-state index contributed by atoms with van der Waals surface area (Å²) in [6.45, 7) is 2.39. The first-order chi connectivity index (χ1) is 13.2. The van der Waals surface area contributed by atoms with Gasteiger partial charge in [-0.3, -0.25) is 10.1 Å². The zero-order chi connectivity index (χ0) is 19.1. The lowest BCUT2D eigenvalue weighted by molar-refractivity contribution is -0.123. The number of methoxy groups -OCH3 is 1. The summed E-state index contributed by atoms with van der Waals surface area (Å²) in [5.74, 6) is 0.782. The van der Waals surface area contributed by atoms with Crippen LogP contribution in [0.3, 0.4) is 0 Å². The maximum absolute atomic E-state index is 12.6. The molecule has 0 unspecified atom stereocenters. The Balaban J connectivity index is 1.62. The molecule has 0 fully saturated rings. The normalized spacial score (nSPS) is 13.0. The number of nitrogens with one attached hydrogen (secondary N) is 2. The van der Waals surface area contributed by atoms with Crippen molar-refractivity contribution in [3.05, 3.63) is 88.1 Å². The molecule has 5 heteroatoms. The predicted octanol–water partition coefficient (Wildman–Crippen LogP) is 4.14. The summed E-state index contributed by atoms with van der Waals surface area (Å²) in [6, 6.07) is 21.7. The minimum atomic E-state index is -0.324. The van der Waals surface area contributed by atoms with Crippen LogP contribution in [0, 0.1) is 0 Å². The van der Waals surface area contributed by atoms with Crippen molar-refractivity contribution >= 4 is 17.2 Å². The van der Waals surface area contributed by atoms with E-state index in [-0.39, 0.29) is 18.0 Å². The summed E-state index contributed by atoms with van der Waals surface area (Å²) in [5.41, 5.74) is 2.18. The van der Waals surface area contributed by atoms with E-state index in [0.717, 1.165) is 16.9 Å². The Kier molecular flexibility index (Phi) is 6.63. The SMILES string of the molecule is COc1ccc(CNC(=O)[C@H](C)N[C@H](c2ccccc2)c2cccs2)cc1. The van der Waals surface area contributed by atoms with Gasteiger partial charge in [0.05, 0.1) is 19.2 Å². The molecule has 3 aromatic rings. The van der Waals surface area contributed by atoms with Gasteiger partial charge in [-0.15, -0.1) is 11.3 Å². The van der Waals surface area contributed by atoms with Crippen LogP contribution in [-0.2, 0) is 11.3 Å². The second-order valence-electron chi connectivity index (χ2n) is 6.31. The van der Waals surface area contributed by atoms with Crippen molar-refractivity contribution < 1.29 is 9.53 Å². The van der Waals surface area contributed by atoms with E-state index in [1.807, 2.05) is 55.5 Å². The first-order valence-electron chi connectivity index (χ1n) is 8.92. The Morgan fingerprint density at radius 1 is 1.04 bits per heavy atom. The van der Waals surface area contributed by atoms with Crippen molar-refractivity contribution in [1.82, 2.24) is 10.6 Å². The third-order valence-electron chi connectivity index (χ3n) is 4.40. The number of rotatable bonds is 8. The van der Waals surface area contributed by atoms with Crippen LogP contribution in [0.25, 0.3) is 0 Å². The lowest BCUT2D eigenvalue weighted by Crippen LogP contribution is -2.43. The second-order valence-corrected chi connectivity index (χ2v) is 7.29. The Hall–Kier alpha value is -2.63. The lowest BCUT2D eigenvalue weighted by atomic mass is 10.0. The topological polar surface area (TPSA) is 50.4 Å². The molecule has 3 rings (SSSR count). The molecule has 1 heterocycles. The van der Waals surface area contributed by atoms with Gasteiger partial charge in [0.2, 0.25) is 5.91 Å². The first kappa shape index (κ1) is 19.1. The summed E-state index contributed by atoms with van der Waals surface area (Å²) in [5, 5.41) is 8.52. The van der Waals surface area contributed by atoms with E-state index in [0.29, 0.717) is 6.54 Å². The highest BCUT2D eigenvalue weighted by Crippen LogP contribution is 2.26. The van der Waals surface area contributed by atoms with Gasteiger partial charge in [-0.1, -0.05) is 48.5 Å². The maximum Gasteiger partial charge on any atom is 0.237 e. The van der Waals surface area contributed by atoms with Gasteiger partial charge in [0.15, 0.2) is 0 Å². The van der Waals surface area contributed by atoms with Crippen LogP contribution in [0.4, 0.5) is 0 Å². The van der Waals surface area contributed by atoms with E-state index in [2.05, 4.69) is 34.2 Å².